The molecule has 2 unspecified atom stereocenters. The van der Waals surface area contributed by atoms with Crippen molar-refractivity contribution in [3.8, 4) is 0 Å². The molecule has 4 heteroatoms. The number of nitrogens with zero attached hydrogens (tertiary/aromatic N) is 2. The highest BCUT2D eigenvalue weighted by Crippen LogP contribution is 2.51. The van der Waals surface area contributed by atoms with Gasteiger partial charge in [-0.25, -0.2) is 0 Å². The molecule has 2 heterocycles. The van der Waals surface area contributed by atoms with E-state index in [0.717, 1.165) is 40.0 Å². The van der Waals surface area contributed by atoms with Gasteiger partial charge >= 0.3 is 0 Å². The second-order valence-electron chi connectivity index (χ2n) is 8.63. The van der Waals surface area contributed by atoms with Gasteiger partial charge in [-0.2, -0.15) is 0 Å². The predicted molar refractivity (Wildman–Crippen MR) is 113 cm³/mol. The summed E-state index contributed by atoms with van der Waals surface area (Å²) >= 11 is 0. The molecule has 2 atom stereocenters. The van der Waals surface area contributed by atoms with E-state index in [2.05, 4.69) is 26.0 Å². The van der Waals surface area contributed by atoms with Gasteiger partial charge in [-0.1, -0.05) is 50.2 Å². The van der Waals surface area contributed by atoms with E-state index in [4.69, 9.17) is 0 Å². The lowest BCUT2D eigenvalue weighted by Gasteiger charge is -2.48. The van der Waals surface area contributed by atoms with Crippen LogP contribution < -0.4 is 9.80 Å². The molecule has 0 aromatic heterocycles. The maximum absolute atomic E-state index is 13.7. The number of hydrogen-bond acceptors (Lipinski definition) is 2. The van der Waals surface area contributed by atoms with Gasteiger partial charge in [0.2, 0.25) is 11.8 Å². The van der Waals surface area contributed by atoms with E-state index < -0.39 is 5.41 Å². The molecule has 0 saturated carbocycles. The summed E-state index contributed by atoms with van der Waals surface area (Å²) < 4.78 is 0. The summed E-state index contributed by atoms with van der Waals surface area (Å²) in [5.41, 5.74) is 5.25. The van der Waals surface area contributed by atoms with E-state index in [-0.39, 0.29) is 23.9 Å². The van der Waals surface area contributed by atoms with Gasteiger partial charge in [-0.05, 0) is 56.4 Å². The van der Waals surface area contributed by atoms with Crippen molar-refractivity contribution in [2.24, 2.45) is 5.41 Å². The number of benzene rings is 2. The fourth-order valence-corrected chi connectivity index (χ4v) is 4.85. The number of carbonyl (C=O) groups excluding carboxylic acids is 2. The second-order valence-corrected chi connectivity index (χ2v) is 8.63. The number of anilines is 2. The second kappa shape index (κ2) is 6.20. The maximum atomic E-state index is 13.7. The van der Waals surface area contributed by atoms with Crippen molar-refractivity contribution in [2.75, 3.05) is 9.80 Å². The molecule has 0 bridgehead atoms. The summed E-state index contributed by atoms with van der Waals surface area (Å²) in [6.07, 6.45) is 0.512. The van der Waals surface area contributed by atoms with Crippen LogP contribution in [0, 0.1) is 19.3 Å². The van der Waals surface area contributed by atoms with Crippen molar-refractivity contribution < 1.29 is 9.59 Å². The molecule has 146 valence electrons. The highest BCUT2D eigenvalue weighted by atomic mass is 16.2. The first-order valence-corrected chi connectivity index (χ1v) is 10.1. The Labute approximate surface area is 167 Å². The number of amides is 2. The number of carbonyl (C=O) groups is 2. The summed E-state index contributed by atoms with van der Waals surface area (Å²) in [5, 5.41) is 0. The van der Waals surface area contributed by atoms with Crippen LogP contribution in [0.4, 0.5) is 11.4 Å². The Hall–Kier alpha value is -2.62. The number of fused-ring (bicyclic) bond motifs is 3. The lowest BCUT2D eigenvalue weighted by atomic mass is 9.84. The number of rotatable bonds is 2. The average molecular weight is 377 g/mol. The standard InChI is InChI=1S/C24H28N2O2/c1-7-17-12-8-10-14(2)19(17)25-21-16(4)18-13-9-11-15(3)20(18)26(21)23(28)24(5,6)22(25)27/h8-13,16,21H,7H2,1-6H3. The third-order valence-electron chi connectivity index (χ3n) is 6.43. The minimum absolute atomic E-state index is 0.0446. The van der Waals surface area contributed by atoms with Crippen LogP contribution in [-0.2, 0) is 16.0 Å². The zero-order valence-corrected chi connectivity index (χ0v) is 17.5. The Balaban J connectivity index is 2.00. The van der Waals surface area contributed by atoms with E-state index in [1.807, 2.05) is 47.9 Å². The van der Waals surface area contributed by atoms with Crippen molar-refractivity contribution in [2.45, 2.75) is 60.0 Å². The lowest BCUT2D eigenvalue weighted by Crippen LogP contribution is -2.66. The van der Waals surface area contributed by atoms with Crippen LogP contribution in [0.5, 0.6) is 0 Å². The van der Waals surface area contributed by atoms with Crippen LogP contribution in [0.3, 0.4) is 0 Å². The molecule has 1 fully saturated rings. The van der Waals surface area contributed by atoms with Gasteiger partial charge < -0.3 is 0 Å². The Kier molecular flexibility index (Phi) is 4.14. The van der Waals surface area contributed by atoms with Crippen molar-refractivity contribution in [3.05, 3.63) is 58.7 Å². The topological polar surface area (TPSA) is 40.6 Å². The largest absolute Gasteiger partial charge is 0.289 e. The monoisotopic (exact) mass is 376 g/mol. The Bertz CT molecular complexity index is 992. The molecule has 0 aliphatic carbocycles. The SMILES string of the molecule is CCc1cccc(C)c1N1C(=O)C(C)(C)C(=O)N2c3c(C)cccc3C(C)C12. The number of hydrogen-bond donors (Lipinski definition) is 0. The normalized spacial score (nSPS) is 23.1. The molecule has 2 aromatic rings. The van der Waals surface area contributed by atoms with Crippen LogP contribution in [-0.4, -0.2) is 18.0 Å². The first kappa shape index (κ1) is 18.7. The Morgan fingerprint density at radius 1 is 0.893 bits per heavy atom. The third kappa shape index (κ3) is 2.30. The van der Waals surface area contributed by atoms with Crippen LogP contribution >= 0.6 is 0 Å². The quantitative estimate of drug-likeness (QED) is 0.712. The molecule has 0 spiro atoms. The summed E-state index contributed by atoms with van der Waals surface area (Å²) in [6.45, 7) is 11.8. The molecule has 28 heavy (non-hydrogen) atoms. The van der Waals surface area contributed by atoms with Crippen LogP contribution in [0.2, 0.25) is 0 Å². The van der Waals surface area contributed by atoms with Crippen molar-refractivity contribution in [3.63, 3.8) is 0 Å². The zero-order chi connectivity index (χ0) is 20.4. The smallest absolute Gasteiger partial charge is 0.243 e. The van der Waals surface area contributed by atoms with E-state index in [1.165, 1.54) is 0 Å². The first-order chi connectivity index (χ1) is 13.2. The maximum Gasteiger partial charge on any atom is 0.243 e. The minimum Gasteiger partial charge on any atom is -0.289 e. The van der Waals surface area contributed by atoms with E-state index in [0.29, 0.717) is 0 Å². The van der Waals surface area contributed by atoms with Crippen molar-refractivity contribution >= 4 is 23.2 Å². The molecular formula is C24H28N2O2. The fourth-order valence-electron chi connectivity index (χ4n) is 4.85. The lowest BCUT2D eigenvalue weighted by molar-refractivity contribution is -0.141. The molecule has 4 rings (SSSR count). The molecule has 2 amide bonds. The molecule has 1 saturated heterocycles. The molecule has 0 radical (unpaired) electrons. The van der Waals surface area contributed by atoms with Gasteiger partial charge in [0, 0.05) is 5.92 Å². The zero-order valence-electron chi connectivity index (χ0n) is 17.5. The summed E-state index contributed by atoms with van der Waals surface area (Å²) in [5.74, 6) is -0.173. The van der Waals surface area contributed by atoms with Crippen LogP contribution in [0.1, 0.15) is 55.9 Å². The highest BCUT2D eigenvalue weighted by molar-refractivity contribution is 6.21. The fraction of sp³-hybridized carbons (Fsp3) is 0.417. The van der Waals surface area contributed by atoms with Gasteiger partial charge in [0.05, 0.1) is 11.4 Å². The number of aryl methyl sites for hydroxylation is 3. The van der Waals surface area contributed by atoms with E-state index in [1.54, 1.807) is 13.8 Å². The molecule has 4 nitrogen and oxygen atoms in total. The van der Waals surface area contributed by atoms with Crippen molar-refractivity contribution in [1.29, 1.82) is 0 Å². The van der Waals surface area contributed by atoms with Crippen LogP contribution in [0.25, 0.3) is 0 Å². The minimum atomic E-state index is -1.10. The van der Waals surface area contributed by atoms with Crippen LogP contribution in [0.15, 0.2) is 36.4 Å². The van der Waals surface area contributed by atoms with Crippen molar-refractivity contribution in [1.82, 2.24) is 0 Å². The van der Waals surface area contributed by atoms with E-state index in [9.17, 15) is 9.59 Å². The first-order valence-electron chi connectivity index (χ1n) is 10.1. The number of para-hydroxylation sites is 2. The molecule has 0 N–H and O–H groups in total. The summed E-state index contributed by atoms with van der Waals surface area (Å²) in [4.78, 5) is 31.0. The molecular weight excluding hydrogens is 348 g/mol. The van der Waals surface area contributed by atoms with Gasteiger partial charge in [-0.3, -0.25) is 19.4 Å². The van der Waals surface area contributed by atoms with E-state index >= 15 is 0 Å². The highest BCUT2D eigenvalue weighted by Gasteiger charge is 2.57. The third-order valence-corrected chi connectivity index (χ3v) is 6.43. The Morgan fingerprint density at radius 2 is 1.43 bits per heavy atom. The van der Waals surface area contributed by atoms with Gasteiger partial charge in [-0.15, -0.1) is 0 Å². The van der Waals surface area contributed by atoms with Gasteiger partial charge in [0.1, 0.15) is 11.6 Å². The predicted octanol–water partition coefficient (Wildman–Crippen LogP) is 4.72. The van der Waals surface area contributed by atoms with Gasteiger partial charge in [0.15, 0.2) is 0 Å². The van der Waals surface area contributed by atoms with Gasteiger partial charge in [0.25, 0.3) is 0 Å². The average Bonchev–Trinajstić information content (AvgIpc) is 2.96. The molecule has 2 aromatic carbocycles. The molecule has 2 aliphatic rings. The Morgan fingerprint density at radius 3 is 2.04 bits per heavy atom. The summed E-state index contributed by atoms with van der Waals surface area (Å²) in [7, 11) is 0. The summed E-state index contributed by atoms with van der Waals surface area (Å²) in [6, 6.07) is 12.3. The molecule has 2 aliphatic heterocycles.